The Morgan fingerprint density at radius 3 is 2.16 bits per heavy atom. The fraction of sp³-hybridized carbons (Fsp3) is 0.333. The Labute approximate surface area is 180 Å². The molecule has 1 aliphatic heterocycles. The number of Topliss-reactive ketones (excluding diaryl/α,β-unsaturated/α-hetero) is 1. The molecule has 0 N–H and O–H groups in total. The fourth-order valence-electron chi connectivity index (χ4n) is 3.83. The minimum Gasteiger partial charge on any atom is -0.497 e. The topological polar surface area (TPSA) is 80.3 Å². The van der Waals surface area contributed by atoms with Gasteiger partial charge in [-0.1, -0.05) is 0 Å². The predicted molar refractivity (Wildman–Crippen MR) is 111 cm³/mol. The van der Waals surface area contributed by atoms with Crippen LogP contribution in [0, 0.1) is 5.92 Å². The van der Waals surface area contributed by atoms with Gasteiger partial charge < -0.3 is 23.7 Å². The third-order valence-electron chi connectivity index (χ3n) is 5.56. The lowest BCUT2D eigenvalue weighted by molar-refractivity contribution is -0.132. The Morgan fingerprint density at radius 1 is 0.903 bits per heavy atom. The molecular formula is C24H24O7. The zero-order chi connectivity index (χ0) is 21.8. The van der Waals surface area contributed by atoms with Gasteiger partial charge in [-0.2, -0.15) is 0 Å². The SMILES string of the molecule is COc1ccc(OC2=COC3CC(OC(=O)c4ccc(OC)cc4)CCC3C2=O)cc1. The maximum Gasteiger partial charge on any atom is 0.338 e. The van der Waals surface area contributed by atoms with Crippen LogP contribution in [0.15, 0.2) is 60.6 Å². The standard InChI is InChI=1S/C24H24O7/c1-27-16-5-3-15(4-6-16)24(26)31-19-11-12-20-21(13-19)29-14-22(23(20)25)30-18-9-7-17(28-2)8-10-18/h3-10,14,19-21H,11-13H2,1-2H3. The highest BCUT2D eigenvalue weighted by molar-refractivity contribution is 5.96. The van der Waals surface area contributed by atoms with Gasteiger partial charge >= 0.3 is 5.97 Å². The van der Waals surface area contributed by atoms with Crippen LogP contribution < -0.4 is 14.2 Å². The average Bonchev–Trinajstić information content (AvgIpc) is 2.81. The van der Waals surface area contributed by atoms with E-state index in [1.807, 2.05) is 0 Å². The maximum atomic E-state index is 12.9. The Morgan fingerprint density at radius 2 is 1.52 bits per heavy atom. The summed E-state index contributed by atoms with van der Waals surface area (Å²) in [5, 5.41) is 0. The lowest BCUT2D eigenvalue weighted by atomic mass is 9.80. The predicted octanol–water partition coefficient (Wildman–Crippen LogP) is 3.92. The number of esters is 1. The van der Waals surface area contributed by atoms with Crippen molar-refractivity contribution < 1.29 is 33.3 Å². The van der Waals surface area contributed by atoms with E-state index in [9.17, 15) is 9.59 Å². The first-order valence-corrected chi connectivity index (χ1v) is 10.1. The molecule has 0 aromatic heterocycles. The van der Waals surface area contributed by atoms with Gasteiger partial charge in [0.05, 0.1) is 25.7 Å². The van der Waals surface area contributed by atoms with Crippen molar-refractivity contribution in [2.45, 2.75) is 31.5 Å². The minimum atomic E-state index is -0.396. The number of carbonyl (C=O) groups is 2. The van der Waals surface area contributed by atoms with E-state index in [1.54, 1.807) is 62.8 Å². The smallest absolute Gasteiger partial charge is 0.338 e. The van der Waals surface area contributed by atoms with Crippen LogP contribution in [0.3, 0.4) is 0 Å². The molecule has 0 amide bonds. The van der Waals surface area contributed by atoms with Crippen molar-refractivity contribution in [2.24, 2.45) is 5.92 Å². The highest BCUT2D eigenvalue weighted by atomic mass is 16.6. The molecule has 4 rings (SSSR count). The second-order valence-electron chi connectivity index (χ2n) is 7.47. The summed E-state index contributed by atoms with van der Waals surface area (Å²) in [6.45, 7) is 0. The number of hydrogen-bond acceptors (Lipinski definition) is 7. The Hall–Kier alpha value is -3.48. The van der Waals surface area contributed by atoms with Crippen molar-refractivity contribution in [1.29, 1.82) is 0 Å². The summed E-state index contributed by atoms with van der Waals surface area (Å²) in [5.41, 5.74) is 0.457. The van der Waals surface area contributed by atoms with Crippen LogP contribution in [0.5, 0.6) is 17.2 Å². The molecule has 2 aromatic carbocycles. The Balaban J connectivity index is 1.35. The van der Waals surface area contributed by atoms with Crippen LogP contribution >= 0.6 is 0 Å². The van der Waals surface area contributed by atoms with E-state index in [-0.39, 0.29) is 29.7 Å². The molecule has 0 radical (unpaired) electrons. The van der Waals surface area contributed by atoms with Gasteiger partial charge in [-0.05, 0) is 61.4 Å². The second kappa shape index (κ2) is 9.12. The van der Waals surface area contributed by atoms with E-state index >= 15 is 0 Å². The molecule has 0 saturated heterocycles. The van der Waals surface area contributed by atoms with Gasteiger partial charge in [0.2, 0.25) is 11.5 Å². The molecule has 7 nitrogen and oxygen atoms in total. The largest absolute Gasteiger partial charge is 0.497 e. The summed E-state index contributed by atoms with van der Waals surface area (Å²) in [6, 6.07) is 13.7. The molecule has 3 atom stereocenters. The number of ether oxygens (including phenoxy) is 5. The van der Waals surface area contributed by atoms with Gasteiger partial charge in [-0.3, -0.25) is 4.79 Å². The molecule has 162 valence electrons. The van der Waals surface area contributed by atoms with Crippen LogP contribution in [0.1, 0.15) is 29.6 Å². The number of ketones is 1. The minimum absolute atomic E-state index is 0.0907. The molecule has 2 aliphatic rings. The molecule has 1 fully saturated rings. The molecule has 3 unspecified atom stereocenters. The number of hydrogen-bond donors (Lipinski definition) is 0. The number of fused-ring (bicyclic) bond motifs is 1. The monoisotopic (exact) mass is 424 g/mol. The summed E-state index contributed by atoms with van der Waals surface area (Å²) in [5.74, 6) is 1.29. The van der Waals surface area contributed by atoms with Gasteiger partial charge in [0.25, 0.3) is 0 Å². The average molecular weight is 424 g/mol. The molecule has 2 aromatic rings. The summed E-state index contributed by atoms with van der Waals surface area (Å²) >= 11 is 0. The summed E-state index contributed by atoms with van der Waals surface area (Å²) < 4.78 is 27.4. The third-order valence-corrected chi connectivity index (χ3v) is 5.56. The van der Waals surface area contributed by atoms with Crippen molar-refractivity contribution >= 4 is 11.8 Å². The Kier molecular flexibility index (Phi) is 6.11. The number of allylic oxidation sites excluding steroid dienone is 1. The van der Waals surface area contributed by atoms with Crippen molar-refractivity contribution in [3.8, 4) is 17.2 Å². The molecule has 1 aliphatic carbocycles. The van der Waals surface area contributed by atoms with E-state index in [0.29, 0.717) is 42.1 Å². The highest BCUT2D eigenvalue weighted by Gasteiger charge is 2.42. The van der Waals surface area contributed by atoms with E-state index in [4.69, 9.17) is 23.7 Å². The summed E-state index contributed by atoms with van der Waals surface area (Å²) in [6.07, 6.45) is 2.34. The zero-order valence-electron chi connectivity index (χ0n) is 17.4. The number of rotatable bonds is 6. The van der Waals surface area contributed by atoms with Gasteiger partial charge in [0.1, 0.15) is 35.7 Å². The lowest BCUT2D eigenvalue weighted by Crippen LogP contribution is -2.43. The second-order valence-corrected chi connectivity index (χ2v) is 7.47. The van der Waals surface area contributed by atoms with Crippen LogP contribution in [-0.4, -0.2) is 38.2 Å². The normalized spacial score (nSPS) is 22.5. The molecule has 1 saturated carbocycles. The van der Waals surface area contributed by atoms with Crippen molar-refractivity contribution in [1.82, 2.24) is 0 Å². The van der Waals surface area contributed by atoms with Crippen LogP contribution in [0.2, 0.25) is 0 Å². The lowest BCUT2D eigenvalue weighted by Gasteiger charge is -2.36. The summed E-state index contributed by atoms with van der Waals surface area (Å²) in [4.78, 5) is 25.3. The molecule has 0 bridgehead atoms. The van der Waals surface area contributed by atoms with Gasteiger partial charge in [-0.15, -0.1) is 0 Å². The zero-order valence-corrected chi connectivity index (χ0v) is 17.4. The maximum absolute atomic E-state index is 12.9. The first kappa shape index (κ1) is 20.8. The molecule has 7 heteroatoms. The molecule has 1 heterocycles. The molecular weight excluding hydrogens is 400 g/mol. The molecule has 0 spiro atoms. The number of methoxy groups -OCH3 is 2. The van der Waals surface area contributed by atoms with Crippen LogP contribution in [-0.2, 0) is 14.3 Å². The summed E-state index contributed by atoms with van der Waals surface area (Å²) in [7, 11) is 3.15. The highest BCUT2D eigenvalue weighted by Crippen LogP contribution is 2.35. The quantitative estimate of drug-likeness (QED) is 0.650. The number of benzene rings is 2. The van der Waals surface area contributed by atoms with E-state index in [2.05, 4.69) is 0 Å². The molecule has 31 heavy (non-hydrogen) atoms. The van der Waals surface area contributed by atoms with Gasteiger partial charge in [0.15, 0.2) is 0 Å². The van der Waals surface area contributed by atoms with Crippen LogP contribution in [0.25, 0.3) is 0 Å². The van der Waals surface area contributed by atoms with E-state index in [0.717, 1.165) is 0 Å². The Bertz CT molecular complexity index is 962. The van der Waals surface area contributed by atoms with Crippen molar-refractivity contribution in [3.63, 3.8) is 0 Å². The van der Waals surface area contributed by atoms with Gasteiger partial charge in [0, 0.05) is 6.42 Å². The third kappa shape index (κ3) is 4.66. The van der Waals surface area contributed by atoms with E-state index in [1.165, 1.54) is 6.26 Å². The van der Waals surface area contributed by atoms with Crippen molar-refractivity contribution in [3.05, 3.63) is 66.1 Å². The first-order valence-electron chi connectivity index (χ1n) is 10.1. The van der Waals surface area contributed by atoms with Gasteiger partial charge in [-0.25, -0.2) is 4.79 Å². The van der Waals surface area contributed by atoms with Crippen molar-refractivity contribution in [2.75, 3.05) is 14.2 Å². The van der Waals surface area contributed by atoms with E-state index < -0.39 is 5.97 Å². The fourth-order valence-corrected chi connectivity index (χ4v) is 3.83. The van der Waals surface area contributed by atoms with Crippen LogP contribution in [0.4, 0.5) is 0 Å². The number of carbonyl (C=O) groups excluding carboxylic acids is 2. The first-order chi connectivity index (χ1) is 15.1.